The van der Waals surface area contributed by atoms with Gasteiger partial charge in [0.25, 0.3) is 0 Å². The van der Waals surface area contributed by atoms with Gasteiger partial charge in [0.1, 0.15) is 0 Å². The third kappa shape index (κ3) is 2.63. The number of H-pyrrole nitrogens is 1. The normalized spacial score (nSPS) is 11.1. The third-order valence-electron chi connectivity index (χ3n) is 4.11. The molecule has 2 aromatic carbocycles. The van der Waals surface area contributed by atoms with Gasteiger partial charge in [-0.2, -0.15) is 0 Å². The fourth-order valence-corrected chi connectivity index (χ4v) is 3.03. The first-order chi connectivity index (χ1) is 12.0. The number of carboxylic acid groups (broad SMARTS) is 1. The molecule has 0 saturated carbocycles. The third-order valence-corrected chi connectivity index (χ3v) is 4.11. The van der Waals surface area contributed by atoms with Crippen LogP contribution in [0, 0.1) is 0 Å². The molecule has 1 heterocycles. The summed E-state index contributed by atoms with van der Waals surface area (Å²) >= 11 is 0. The number of hydrogen-bond donors (Lipinski definition) is 3. The van der Waals surface area contributed by atoms with Crippen molar-refractivity contribution in [1.29, 1.82) is 0 Å². The molecule has 0 aromatic heterocycles. The van der Waals surface area contributed by atoms with Crippen LogP contribution in [0.2, 0.25) is 0 Å². The molecule has 2 aliphatic rings. The molecular weight excluding hydrogens is 318 g/mol. The standard InChI is InChI=1S/C19H15N3O3/c1-11(23)20-15-5-6-17-13(8-15)7-14-10-22(21-18(14)17)16-4-2-3-12(9-16)19(24)25/h2-10,21H,1H3,(H,20,23)(H,24,25). The summed E-state index contributed by atoms with van der Waals surface area (Å²) in [6.07, 6.45) is 1.92. The molecular formula is C19H15N3O3. The molecule has 0 atom stereocenters. The maximum absolute atomic E-state index is 11.2. The minimum Gasteiger partial charge on any atom is -0.478 e. The lowest BCUT2D eigenvalue weighted by Crippen LogP contribution is -2.05. The second kappa shape index (κ2) is 5.52. The predicted molar refractivity (Wildman–Crippen MR) is 95.5 cm³/mol. The average molecular weight is 333 g/mol. The van der Waals surface area contributed by atoms with Crippen molar-refractivity contribution in [2.75, 3.05) is 5.32 Å². The van der Waals surface area contributed by atoms with Crippen molar-refractivity contribution in [3.05, 3.63) is 60.3 Å². The highest BCUT2D eigenvalue weighted by molar-refractivity contribution is 6.03. The molecule has 1 amide bonds. The minimum absolute atomic E-state index is 0.104. The zero-order valence-corrected chi connectivity index (χ0v) is 13.4. The van der Waals surface area contributed by atoms with Gasteiger partial charge in [-0.1, -0.05) is 12.1 Å². The second-order valence-corrected chi connectivity index (χ2v) is 5.92. The van der Waals surface area contributed by atoms with Gasteiger partial charge in [-0.15, -0.1) is 0 Å². The predicted octanol–water partition coefficient (Wildman–Crippen LogP) is 3.72. The average Bonchev–Trinajstić information content (AvgIpc) is 3.11. The number of nitrogens with zero attached hydrogens (tertiary/aromatic N) is 1. The van der Waals surface area contributed by atoms with Crippen LogP contribution in [0.25, 0.3) is 27.7 Å². The zero-order valence-electron chi connectivity index (χ0n) is 13.4. The van der Waals surface area contributed by atoms with E-state index in [0.29, 0.717) is 0 Å². The monoisotopic (exact) mass is 333 g/mol. The van der Waals surface area contributed by atoms with Crippen molar-refractivity contribution in [1.82, 2.24) is 9.78 Å². The van der Waals surface area contributed by atoms with Gasteiger partial charge in [0.15, 0.2) is 0 Å². The van der Waals surface area contributed by atoms with E-state index in [-0.39, 0.29) is 11.5 Å². The Balaban J connectivity index is 1.79. The van der Waals surface area contributed by atoms with Crippen LogP contribution in [-0.4, -0.2) is 26.8 Å². The van der Waals surface area contributed by atoms with E-state index >= 15 is 0 Å². The van der Waals surface area contributed by atoms with E-state index in [9.17, 15) is 9.59 Å². The molecule has 0 bridgehead atoms. The second-order valence-electron chi connectivity index (χ2n) is 5.92. The van der Waals surface area contributed by atoms with Gasteiger partial charge in [-0.05, 0) is 41.8 Å². The molecule has 2 aromatic rings. The highest BCUT2D eigenvalue weighted by atomic mass is 16.4. The molecule has 6 heteroatoms. The summed E-state index contributed by atoms with van der Waals surface area (Å²) in [6.45, 7) is 1.48. The van der Waals surface area contributed by atoms with Crippen LogP contribution >= 0.6 is 0 Å². The summed E-state index contributed by atoms with van der Waals surface area (Å²) in [5, 5.41) is 17.3. The van der Waals surface area contributed by atoms with Crippen molar-refractivity contribution >= 4 is 28.3 Å². The lowest BCUT2D eigenvalue weighted by molar-refractivity contribution is -0.114. The molecule has 25 heavy (non-hydrogen) atoms. The summed E-state index contributed by atoms with van der Waals surface area (Å²) in [5.41, 5.74) is 3.72. The van der Waals surface area contributed by atoms with Gasteiger partial charge < -0.3 is 10.4 Å². The van der Waals surface area contributed by atoms with Crippen molar-refractivity contribution in [2.45, 2.75) is 6.92 Å². The lowest BCUT2D eigenvalue weighted by Gasteiger charge is -2.04. The SMILES string of the molecule is CC(=O)Nc1ccc2c3[nH]n(-c4cccc(C(=O)O)c4)cc-3cc2c1. The van der Waals surface area contributed by atoms with Crippen LogP contribution in [0.4, 0.5) is 5.69 Å². The Hall–Kier alpha value is -3.54. The number of rotatable bonds is 3. The van der Waals surface area contributed by atoms with Gasteiger partial charge in [0, 0.05) is 29.8 Å². The van der Waals surface area contributed by atoms with E-state index in [1.54, 1.807) is 22.9 Å². The first kappa shape index (κ1) is 15.0. The van der Waals surface area contributed by atoms with E-state index in [1.807, 2.05) is 36.5 Å². The Morgan fingerprint density at radius 1 is 1.12 bits per heavy atom. The topological polar surface area (TPSA) is 87.1 Å². The van der Waals surface area contributed by atoms with Gasteiger partial charge in [0.05, 0.1) is 16.9 Å². The summed E-state index contributed by atoms with van der Waals surface area (Å²) in [5.74, 6) is -1.06. The molecule has 3 N–H and O–H groups in total. The molecule has 0 spiro atoms. The van der Waals surface area contributed by atoms with Gasteiger partial charge in [-0.25, -0.2) is 4.79 Å². The summed E-state index contributed by atoms with van der Waals surface area (Å²) in [6, 6.07) is 14.5. The number of carboxylic acids is 1. The molecule has 0 fully saturated rings. The molecule has 1 aliphatic heterocycles. The molecule has 1 aliphatic carbocycles. The van der Waals surface area contributed by atoms with E-state index < -0.39 is 5.97 Å². The largest absolute Gasteiger partial charge is 0.478 e. The summed E-state index contributed by atoms with van der Waals surface area (Å²) in [4.78, 5) is 22.3. The Kier molecular flexibility index (Phi) is 3.32. The van der Waals surface area contributed by atoms with Crippen LogP contribution in [0.3, 0.4) is 0 Å². The number of amides is 1. The maximum Gasteiger partial charge on any atom is 0.335 e. The Morgan fingerprint density at radius 3 is 2.72 bits per heavy atom. The van der Waals surface area contributed by atoms with Crippen molar-refractivity contribution in [2.24, 2.45) is 0 Å². The molecule has 124 valence electrons. The van der Waals surface area contributed by atoms with Crippen LogP contribution in [0.15, 0.2) is 54.7 Å². The van der Waals surface area contributed by atoms with E-state index in [0.717, 1.165) is 33.4 Å². The molecule has 6 nitrogen and oxygen atoms in total. The number of carbonyl (C=O) groups is 2. The first-order valence-electron chi connectivity index (χ1n) is 7.76. The van der Waals surface area contributed by atoms with E-state index in [4.69, 9.17) is 5.11 Å². The lowest BCUT2D eigenvalue weighted by atomic mass is 10.2. The summed E-state index contributed by atoms with van der Waals surface area (Å²) in [7, 11) is 0. The van der Waals surface area contributed by atoms with Crippen LogP contribution < -0.4 is 5.32 Å². The number of aromatic nitrogens is 2. The molecule has 0 radical (unpaired) electrons. The Morgan fingerprint density at radius 2 is 1.96 bits per heavy atom. The molecule has 4 rings (SSSR count). The number of aromatic carboxylic acids is 1. The van der Waals surface area contributed by atoms with Gasteiger partial charge in [0.2, 0.25) is 5.91 Å². The number of carbonyl (C=O) groups excluding carboxylic acids is 1. The van der Waals surface area contributed by atoms with E-state index in [1.165, 1.54) is 6.92 Å². The van der Waals surface area contributed by atoms with Crippen LogP contribution in [0.1, 0.15) is 17.3 Å². The zero-order chi connectivity index (χ0) is 17.6. The Labute approximate surface area is 143 Å². The fraction of sp³-hybridized carbons (Fsp3) is 0.0526. The smallest absolute Gasteiger partial charge is 0.335 e. The van der Waals surface area contributed by atoms with Crippen molar-refractivity contribution in [3.8, 4) is 16.9 Å². The number of fused-ring (bicyclic) bond motifs is 3. The van der Waals surface area contributed by atoms with Crippen LogP contribution in [0.5, 0.6) is 0 Å². The van der Waals surface area contributed by atoms with Crippen molar-refractivity contribution < 1.29 is 14.7 Å². The number of nitrogens with one attached hydrogen (secondary N) is 2. The number of hydrogen-bond acceptors (Lipinski definition) is 2. The molecule has 0 unspecified atom stereocenters. The summed E-state index contributed by atoms with van der Waals surface area (Å²) < 4.78 is 1.80. The highest BCUT2D eigenvalue weighted by Gasteiger charge is 2.15. The Bertz CT molecular complexity index is 1090. The number of anilines is 1. The quantitative estimate of drug-likeness (QED) is 0.534. The number of benzene rings is 2. The maximum atomic E-state index is 11.2. The van der Waals surface area contributed by atoms with E-state index in [2.05, 4.69) is 10.4 Å². The van der Waals surface area contributed by atoms with Gasteiger partial charge >= 0.3 is 5.97 Å². The van der Waals surface area contributed by atoms with Gasteiger partial charge in [-0.3, -0.25) is 14.6 Å². The van der Waals surface area contributed by atoms with Crippen LogP contribution in [-0.2, 0) is 4.79 Å². The van der Waals surface area contributed by atoms with Crippen molar-refractivity contribution in [3.63, 3.8) is 0 Å². The highest BCUT2D eigenvalue weighted by Crippen LogP contribution is 2.35. The first-order valence-corrected chi connectivity index (χ1v) is 7.76. The fourth-order valence-electron chi connectivity index (χ4n) is 3.03. The molecule has 0 saturated heterocycles. The number of aromatic amines is 1. The minimum atomic E-state index is -0.955.